The molecule has 0 amide bonds. The number of anilines is 1. The third-order valence-electron chi connectivity index (χ3n) is 2.34. The van der Waals surface area contributed by atoms with Gasteiger partial charge in [-0.25, -0.2) is 4.98 Å². The fraction of sp³-hybridized carbons (Fsp3) is 0.545. The van der Waals surface area contributed by atoms with Crippen LogP contribution in [0.1, 0.15) is 11.1 Å². The topological polar surface area (TPSA) is 109 Å². The first kappa shape index (κ1) is 13.7. The number of nitrogens with two attached hydrogens (primary N) is 1. The molecule has 0 saturated carbocycles. The average molecular weight is 242 g/mol. The van der Waals surface area contributed by atoms with Crippen LogP contribution < -0.4 is 10.5 Å². The van der Waals surface area contributed by atoms with Gasteiger partial charge in [0.1, 0.15) is 6.61 Å². The van der Waals surface area contributed by atoms with Crippen molar-refractivity contribution < 1.29 is 20.1 Å². The monoisotopic (exact) mass is 242 g/mol. The highest BCUT2D eigenvalue weighted by molar-refractivity contribution is 5.57. The Kier molecular flexibility index (Phi) is 5.68. The van der Waals surface area contributed by atoms with E-state index in [-0.39, 0.29) is 26.4 Å². The maximum Gasteiger partial charge on any atom is 0.218 e. The summed E-state index contributed by atoms with van der Waals surface area (Å²) in [5.41, 5.74) is 7.75. The highest BCUT2D eigenvalue weighted by atomic mass is 16.5. The van der Waals surface area contributed by atoms with E-state index in [9.17, 15) is 0 Å². The minimum Gasteiger partial charge on any atom is -0.475 e. The minimum atomic E-state index is -0.113. The number of aromatic nitrogens is 1. The molecule has 0 fully saturated rings. The molecule has 6 nitrogen and oxygen atoms in total. The van der Waals surface area contributed by atoms with Crippen LogP contribution in [0.4, 0.5) is 5.69 Å². The van der Waals surface area contributed by atoms with Gasteiger partial charge >= 0.3 is 0 Å². The number of nitrogen functional groups attached to an aromatic ring is 1. The molecular formula is C11H18N2O4. The van der Waals surface area contributed by atoms with Crippen molar-refractivity contribution in [2.24, 2.45) is 0 Å². The lowest BCUT2D eigenvalue weighted by Crippen LogP contribution is -2.11. The molecule has 0 unspecified atom stereocenters. The largest absolute Gasteiger partial charge is 0.475 e. The van der Waals surface area contributed by atoms with Crippen molar-refractivity contribution in [3.05, 3.63) is 17.3 Å². The van der Waals surface area contributed by atoms with Crippen LogP contribution in [0.25, 0.3) is 0 Å². The van der Waals surface area contributed by atoms with E-state index < -0.39 is 0 Å². The second-order valence-electron chi connectivity index (χ2n) is 3.50. The third kappa shape index (κ3) is 3.55. The number of hydrogen-bond acceptors (Lipinski definition) is 6. The first-order chi connectivity index (χ1) is 8.24. The van der Waals surface area contributed by atoms with Crippen LogP contribution in [-0.2, 0) is 12.8 Å². The Bertz CT molecular complexity index is 358. The quantitative estimate of drug-likeness (QED) is 0.493. The van der Waals surface area contributed by atoms with Gasteiger partial charge in [-0.2, -0.15) is 0 Å². The molecule has 1 aromatic heterocycles. The van der Waals surface area contributed by atoms with E-state index in [0.29, 0.717) is 30.0 Å². The summed E-state index contributed by atoms with van der Waals surface area (Å²) in [4.78, 5) is 4.08. The molecule has 0 atom stereocenters. The molecule has 17 heavy (non-hydrogen) atoms. The zero-order valence-electron chi connectivity index (χ0n) is 9.59. The Morgan fingerprint density at radius 3 is 2.41 bits per heavy atom. The SMILES string of the molecule is Nc1c(CCO)cnc(OCCO)c1CCO. The number of aliphatic hydroxyl groups excluding tert-OH is 3. The van der Waals surface area contributed by atoms with Crippen LogP contribution in [0, 0.1) is 0 Å². The maximum atomic E-state index is 8.98. The summed E-state index contributed by atoms with van der Waals surface area (Å²) in [5.74, 6) is 0.326. The van der Waals surface area contributed by atoms with Gasteiger partial charge in [-0.1, -0.05) is 0 Å². The number of ether oxygens (including phenoxy) is 1. The van der Waals surface area contributed by atoms with Crippen molar-refractivity contribution in [1.82, 2.24) is 4.98 Å². The van der Waals surface area contributed by atoms with E-state index in [1.54, 1.807) is 6.20 Å². The van der Waals surface area contributed by atoms with Crippen LogP contribution in [-0.4, -0.2) is 46.7 Å². The molecule has 0 aliphatic carbocycles. The molecule has 0 aromatic carbocycles. The molecule has 0 saturated heterocycles. The van der Waals surface area contributed by atoms with Crippen LogP contribution >= 0.6 is 0 Å². The molecule has 6 heteroatoms. The highest BCUT2D eigenvalue weighted by Gasteiger charge is 2.13. The molecule has 1 heterocycles. The molecular weight excluding hydrogens is 224 g/mol. The Labute approximate surface area is 99.7 Å². The van der Waals surface area contributed by atoms with Crippen molar-refractivity contribution in [3.63, 3.8) is 0 Å². The Morgan fingerprint density at radius 2 is 1.82 bits per heavy atom. The van der Waals surface area contributed by atoms with E-state index in [2.05, 4.69) is 4.98 Å². The zero-order chi connectivity index (χ0) is 12.7. The fourth-order valence-corrected chi connectivity index (χ4v) is 1.53. The molecule has 0 radical (unpaired) electrons. The maximum absolute atomic E-state index is 8.98. The van der Waals surface area contributed by atoms with Crippen LogP contribution in [0.15, 0.2) is 6.20 Å². The van der Waals surface area contributed by atoms with Crippen molar-refractivity contribution in [3.8, 4) is 5.88 Å². The molecule has 0 aliphatic rings. The fourth-order valence-electron chi connectivity index (χ4n) is 1.53. The van der Waals surface area contributed by atoms with Gasteiger partial charge < -0.3 is 25.8 Å². The molecule has 1 rings (SSSR count). The first-order valence-corrected chi connectivity index (χ1v) is 5.46. The van der Waals surface area contributed by atoms with Gasteiger partial charge in [-0.05, 0) is 12.0 Å². The summed E-state index contributed by atoms with van der Waals surface area (Å²) in [6.45, 7) is -0.0615. The lowest BCUT2D eigenvalue weighted by atomic mass is 10.1. The molecule has 5 N–H and O–H groups in total. The van der Waals surface area contributed by atoms with Crippen molar-refractivity contribution in [2.45, 2.75) is 12.8 Å². The molecule has 96 valence electrons. The summed E-state index contributed by atoms with van der Waals surface area (Å²) in [6, 6.07) is 0. The van der Waals surface area contributed by atoms with Gasteiger partial charge in [0.25, 0.3) is 0 Å². The predicted octanol–water partition coefficient (Wildman–Crippen LogP) is -0.895. The third-order valence-corrected chi connectivity index (χ3v) is 2.34. The van der Waals surface area contributed by atoms with E-state index in [0.717, 1.165) is 5.56 Å². The first-order valence-electron chi connectivity index (χ1n) is 5.46. The summed E-state index contributed by atoms with van der Waals surface area (Å²) < 4.78 is 5.24. The number of nitrogens with zero attached hydrogens (tertiary/aromatic N) is 1. The van der Waals surface area contributed by atoms with Crippen LogP contribution in [0.3, 0.4) is 0 Å². The van der Waals surface area contributed by atoms with Crippen molar-refractivity contribution in [1.29, 1.82) is 0 Å². The Morgan fingerprint density at radius 1 is 1.12 bits per heavy atom. The minimum absolute atomic E-state index is 0.0126. The number of pyridine rings is 1. The normalized spacial score (nSPS) is 10.5. The lowest BCUT2D eigenvalue weighted by Gasteiger charge is -2.14. The second-order valence-corrected chi connectivity index (χ2v) is 3.50. The van der Waals surface area contributed by atoms with Gasteiger partial charge in [0, 0.05) is 37.1 Å². The molecule has 0 spiro atoms. The zero-order valence-corrected chi connectivity index (χ0v) is 9.59. The average Bonchev–Trinajstić information content (AvgIpc) is 2.33. The van der Waals surface area contributed by atoms with Gasteiger partial charge in [0.15, 0.2) is 0 Å². The summed E-state index contributed by atoms with van der Waals surface area (Å²) in [6.07, 6.45) is 2.29. The Hall–Kier alpha value is -1.37. The van der Waals surface area contributed by atoms with E-state index in [4.69, 9.17) is 25.8 Å². The molecule has 0 aliphatic heterocycles. The molecule has 0 bridgehead atoms. The summed E-state index contributed by atoms with van der Waals surface area (Å²) in [7, 11) is 0. The van der Waals surface area contributed by atoms with Crippen molar-refractivity contribution in [2.75, 3.05) is 32.2 Å². The summed E-state index contributed by atoms with van der Waals surface area (Å²) >= 11 is 0. The smallest absolute Gasteiger partial charge is 0.218 e. The van der Waals surface area contributed by atoms with E-state index in [1.807, 2.05) is 0 Å². The number of aliphatic hydroxyl groups is 3. The number of rotatable bonds is 7. The van der Waals surface area contributed by atoms with E-state index in [1.165, 1.54) is 0 Å². The highest BCUT2D eigenvalue weighted by Crippen LogP contribution is 2.26. The van der Waals surface area contributed by atoms with Crippen molar-refractivity contribution >= 4 is 5.69 Å². The molecule has 1 aromatic rings. The van der Waals surface area contributed by atoms with Crippen LogP contribution in [0.2, 0.25) is 0 Å². The van der Waals surface area contributed by atoms with Gasteiger partial charge in [-0.15, -0.1) is 0 Å². The Balaban J connectivity index is 3.00. The van der Waals surface area contributed by atoms with Crippen LogP contribution in [0.5, 0.6) is 5.88 Å². The number of hydrogen-bond donors (Lipinski definition) is 4. The van der Waals surface area contributed by atoms with Gasteiger partial charge in [0.2, 0.25) is 5.88 Å². The van der Waals surface area contributed by atoms with Gasteiger partial charge in [-0.3, -0.25) is 0 Å². The second kappa shape index (κ2) is 7.05. The summed E-state index contributed by atoms with van der Waals surface area (Å²) in [5, 5.41) is 26.5. The van der Waals surface area contributed by atoms with Gasteiger partial charge in [0.05, 0.1) is 6.61 Å². The standard InChI is InChI=1S/C11H18N2O4/c12-10-8(1-3-14)7-13-11(17-6-5-16)9(10)2-4-15/h7,14-16H,1-6H2,(H2,12,13). The predicted molar refractivity (Wildman–Crippen MR) is 62.8 cm³/mol. The van der Waals surface area contributed by atoms with E-state index >= 15 is 0 Å². The lowest BCUT2D eigenvalue weighted by molar-refractivity contribution is 0.194.